The number of hydrogen-bond acceptors (Lipinski definition) is 4. The smallest absolute Gasteiger partial charge is 0.408 e. The van der Waals surface area contributed by atoms with Crippen LogP contribution in [0.2, 0.25) is 0 Å². The second kappa shape index (κ2) is 11.1. The summed E-state index contributed by atoms with van der Waals surface area (Å²) in [5.74, 6) is -2.00. The van der Waals surface area contributed by atoms with Crippen LogP contribution in [0.1, 0.15) is 25.0 Å². The van der Waals surface area contributed by atoms with E-state index in [1.54, 1.807) is 13.8 Å². The highest BCUT2D eigenvalue weighted by atomic mass is 16.5. The zero-order valence-corrected chi connectivity index (χ0v) is 18.7. The number of carbonyl (C=O) groups excluding carboxylic acids is 2. The van der Waals surface area contributed by atoms with Crippen LogP contribution in [-0.4, -0.2) is 35.2 Å². The van der Waals surface area contributed by atoms with Gasteiger partial charge in [0.25, 0.3) is 0 Å². The number of aliphatic carboxylic acids is 1. The number of fused-ring (bicyclic) bond motifs is 1. The van der Waals surface area contributed by atoms with Gasteiger partial charge >= 0.3 is 12.1 Å². The monoisotopic (exact) mass is 448 g/mol. The van der Waals surface area contributed by atoms with Gasteiger partial charge in [0.15, 0.2) is 0 Å². The third-order valence-corrected chi connectivity index (χ3v) is 5.35. The van der Waals surface area contributed by atoms with Crippen LogP contribution in [0.5, 0.6) is 0 Å². The maximum Gasteiger partial charge on any atom is 0.408 e. The molecule has 2 atom stereocenters. The molecule has 0 heterocycles. The standard InChI is InChI=1S/C26H28N2O5/c1-17(2)23(28-26(32)33-16-18-9-4-3-5-10-18)24(29)27-22(25(30)31)15-20-13-8-12-19-11-6-7-14-21(19)20/h3-14,17,22-23H,15-16H2,1-2H3,(H,27,29)(H,28,32)(H,30,31)/t22-,23-/m1/s1. The van der Waals surface area contributed by atoms with Crippen LogP contribution in [0.4, 0.5) is 4.79 Å². The number of rotatable bonds is 9. The Bertz CT molecular complexity index is 1110. The Morgan fingerprint density at radius 2 is 1.55 bits per heavy atom. The van der Waals surface area contributed by atoms with E-state index in [2.05, 4.69) is 10.6 Å². The molecule has 0 aromatic heterocycles. The van der Waals surface area contributed by atoms with Gasteiger partial charge in [-0.1, -0.05) is 86.6 Å². The molecule has 3 aromatic carbocycles. The molecule has 0 spiro atoms. The average Bonchev–Trinajstić information content (AvgIpc) is 2.81. The van der Waals surface area contributed by atoms with E-state index in [1.807, 2.05) is 72.8 Å². The van der Waals surface area contributed by atoms with Crippen LogP contribution in [-0.2, 0) is 27.4 Å². The molecule has 0 saturated heterocycles. The van der Waals surface area contributed by atoms with Gasteiger partial charge in [-0.2, -0.15) is 0 Å². The number of ether oxygens (including phenoxy) is 1. The molecular formula is C26H28N2O5. The highest BCUT2D eigenvalue weighted by Gasteiger charge is 2.29. The molecule has 0 saturated carbocycles. The molecule has 7 nitrogen and oxygen atoms in total. The van der Waals surface area contributed by atoms with E-state index in [9.17, 15) is 19.5 Å². The fourth-order valence-electron chi connectivity index (χ4n) is 3.58. The lowest BCUT2D eigenvalue weighted by atomic mass is 9.98. The van der Waals surface area contributed by atoms with Crippen LogP contribution in [0.15, 0.2) is 72.8 Å². The predicted molar refractivity (Wildman–Crippen MR) is 126 cm³/mol. The van der Waals surface area contributed by atoms with Crippen molar-refractivity contribution in [2.24, 2.45) is 5.92 Å². The second-order valence-corrected chi connectivity index (χ2v) is 8.17. The number of benzene rings is 3. The van der Waals surface area contributed by atoms with Crippen molar-refractivity contribution in [3.05, 3.63) is 83.9 Å². The van der Waals surface area contributed by atoms with Gasteiger partial charge in [-0.25, -0.2) is 9.59 Å². The van der Waals surface area contributed by atoms with Gasteiger partial charge in [-0.3, -0.25) is 4.79 Å². The Morgan fingerprint density at radius 3 is 2.24 bits per heavy atom. The maximum absolute atomic E-state index is 12.9. The molecule has 0 aliphatic carbocycles. The molecule has 0 aliphatic rings. The molecule has 3 rings (SSSR count). The molecule has 3 N–H and O–H groups in total. The molecule has 3 aromatic rings. The first-order chi connectivity index (χ1) is 15.8. The number of carboxylic acids is 1. The molecule has 33 heavy (non-hydrogen) atoms. The summed E-state index contributed by atoms with van der Waals surface area (Å²) < 4.78 is 5.21. The quantitative estimate of drug-likeness (QED) is 0.460. The largest absolute Gasteiger partial charge is 0.480 e. The summed E-state index contributed by atoms with van der Waals surface area (Å²) >= 11 is 0. The Balaban J connectivity index is 1.66. The Morgan fingerprint density at radius 1 is 0.879 bits per heavy atom. The topological polar surface area (TPSA) is 105 Å². The Hall–Kier alpha value is -3.87. The van der Waals surface area contributed by atoms with E-state index >= 15 is 0 Å². The summed E-state index contributed by atoms with van der Waals surface area (Å²) in [5.41, 5.74) is 1.64. The number of carbonyl (C=O) groups is 3. The first-order valence-corrected chi connectivity index (χ1v) is 10.8. The first-order valence-electron chi connectivity index (χ1n) is 10.8. The van der Waals surface area contributed by atoms with Crippen molar-refractivity contribution < 1.29 is 24.2 Å². The van der Waals surface area contributed by atoms with Crippen LogP contribution in [0.3, 0.4) is 0 Å². The minimum Gasteiger partial charge on any atom is -0.480 e. The molecule has 0 unspecified atom stereocenters. The zero-order valence-electron chi connectivity index (χ0n) is 18.7. The normalized spacial score (nSPS) is 12.7. The average molecular weight is 449 g/mol. The minimum absolute atomic E-state index is 0.0674. The van der Waals surface area contributed by atoms with Gasteiger partial charge in [0.05, 0.1) is 0 Å². The molecule has 0 aliphatic heterocycles. The summed E-state index contributed by atoms with van der Waals surface area (Å²) in [6, 6.07) is 20.4. The van der Waals surface area contributed by atoms with Crippen LogP contribution in [0, 0.1) is 5.92 Å². The van der Waals surface area contributed by atoms with Crippen molar-refractivity contribution in [1.29, 1.82) is 0 Å². The minimum atomic E-state index is -1.15. The van der Waals surface area contributed by atoms with Crippen molar-refractivity contribution in [2.45, 2.75) is 39.0 Å². The van der Waals surface area contributed by atoms with Gasteiger partial charge in [0.2, 0.25) is 5.91 Å². The van der Waals surface area contributed by atoms with E-state index in [-0.39, 0.29) is 18.9 Å². The van der Waals surface area contributed by atoms with Crippen molar-refractivity contribution in [3.8, 4) is 0 Å². The number of carboxylic acid groups (broad SMARTS) is 1. The molecule has 2 amide bonds. The molecule has 0 radical (unpaired) electrons. The first kappa shape index (κ1) is 23.8. The fourth-order valence-corrected chi connectivity index (χ4v) is 3.58. The van der Waals surface area contributed by atoms with Gasteiger partial charge < -0.3 is 20.5 Å². The van der Waals surface area contributed by atoms with Crippen molar-refractivity contribution in [3.63, 3.8) is 0 Å². The number of alkyl carbamates (subject to hydrolysis) is 1. The number of amides is 2. The van der Waals surface area contributed by atoms with E-state index in [0.29, 0.717) is 0 Å². The number of hydrogen-bond donors (Lipinski definition) is 3. The van der Waals surface area contributed by atoms with E-state index in [0.717, 1.165) is 21.9 Å². The van der Waals surface area contributed by atoms with Gasteiger partial charge in [0, 0.05) is 6.42 Å². The molecular weight excluding hydrogens is 420 g/mol. The fraction of sp³-hybridized carbons (Fsp3) is 0.269. The second-order valence-electron chi connectivity index (χ2n) is 8.17. The molecule has 0 fully saturated rings. The summed E-state index contributed by atoms with van der Waals surface area (Å²) in [6.07, 6.45) is -0.625. The van der Waals surface area contributed by atoms with E-state index in [4.69, 9.17) is 4.74 Å². The Kier molecular flexibility index (Phi) is 8.02. The van der Waals surface area contributed by atoms with Gasteiger partial charge in [0.1, 0.15) is 18.7 Å². The third kappa shape index (κ3) is 6.55. The van der Waals surface area contributed by atoms with Crippen molar-refractivity contribution in [1.82, 2.24) is 10.6 Å². The van der Waals surface area contributed by atoms with Gasteiger partial charge in [-0.05, 0) is 27.8 Å². The van der Waals surface area contributed by atoms with Gasteiger partial charge in [-0.15, -0.1) is 0 Å². The summed E-state index contributed by atoms with van der Waals surface area (Å²) in [6.45, 7) is 3.60. The lowest BCUT2D eigenvalue weighted by molar-refractivity contribution is -0.142. The highest BCUT2D eigenvalue weighted by Crippen LogP contribution is 2.20. The lowest BCUT2D eigenvalue weighted by Gasteiger charge is -2.24. The lowest BCUT2D eigenvalue weighted by Crippen LogP contribution is -2.54. The van der Waals surface area contributed by atoms with Crippen LogP contribution < -0.4 is 10.6 Å². The summed E-state index contributed by atoms with van der Waals surface area (Å²) in [5, 5.41) is 16.8. The zero-order chi connectivity index (χ0) is 23.8. The number of nitrogens with one attached hydrogen (secondary N) is 2. The molecule has 0 bridgehead atoms. The van der Waals surface area contributed by atoms with Crippen molar-refractivity contribution in [2.75, 3.05) is 0 Å². The third-order valence-electron chi connectivity index (χ3n) is 5.35. The van der Waals surface area contributed by atoms with Crippen molar-refractivity contribution >= 4 is 28.7 Å². The van der Waals surface area contributed by atoms with Crippen LogP contribution >= 0.6 is 0 Å². The van der Waals surface area contributed by atoms with Crippen LogP contribution in [0.25, 0.3) is 10.8 Å². The maximum atomic E-state index is 12.9. The summed E-state index contributed by atoms with van der Waals surface area (Å²) in [4.78, 5) is 37.1. The van der Waals surface area contributed by atoms with E-state index in [1.165, 1.54) is 0 Å². The highest BCUT2D eigenvalue weighted by molar-refractivity contribution is 5.90. The molecule has 7 heteroatoms. The molecule has 172 valence electrons. The SMILES string of the molecule is CC(C)[C@@H](NC(=O)OCc1ccccc1)C(=O)N[C@H](Cc1cccc2ccccc12)C(=O)O. The predicted octanol–water partition coefficient (Wildman–Crippen LogP) is 3.90. The summed E-state index contributed by atoms with van der Waals surface area (Å²) in [7, 11) is 0. The van der Waals surface area contributed by atoms with E-state index < -0.39 is 30.1 Å². The Labute approximate surface area is 192 Å².